The van der Waals surface area contributed by atoms with Crippen molar-refractivity contribution in [2.24, 2.45) is 0 Å². The van der Waals surface area contributed by atoms with E-state index in [1.54, 1.807) is 22.2 Å². The monoisotopic (exact) mass is 490 g/mol. The van der Waals surface area contributed by atoms with Crippen molar-refractivity contribution < 1.29 is 19.1 Å². The quantitative estimate of drug-likeness (QED) is 0.253. The van der Waals surface area contributed by atoms with Crippen LogP contribution in [0.2, 0.25) is 0 Å². The number of hydrogen-bond acceptors (Lipinski definition) is 8. The van der Waals surface area contributed by atoms with Gasteiger partial charge in [0.2, 0.25) is 0 Å². The molecule has 0 radical (unpaired) electrons. The standard InChI is InChI=1S/C26H30N6O4/c1-7-35-25(33)19-11-28-32-14-18(30-24(32)22(19)16(4)5)9-8-10-36-26(34)20-12-27-31-13-17(6)29-23(31)21(20)15(2)3/h11-14,16H,2,7-10H2,1,3-6H3. The Morgan fingerprint density at radius 2 is 1.67 bits per heavy atom. The number of fused-ring (bicyclic) bond motifs is 2. The van der Waals surface area contributed by atoms with Gasteiger partial charge in [-0.25, -0.2) is 28.6 Å². The Kier molecular flexibility index (Phi) is 7.14. The first-order valence-corrected chi connectivity index (χ1v) is 11.9. The molecule has 0 saturated heterocycles. The molecule has 0 unspecified atom stereocenters. The first-order valence-electron chi connectivity index (χ1n) is 11.9. The summed E-state index contributed by atoms with van der Waals surface area (Å²) in [5.74, 6) is -0.820. The number of rotatable bonds is 9. The highest BCUT2D eigenvalue weighted by atomic mass is 16.5. The minimum absolute atomic E-state index is 0.0541. The van der Waals surface area contributed by atoms with E-state index < -0.39 is 11.9 Å². The lowest BCUT2D eigenvalue weighted by Crippen LogP contribution is -2.12. The number of hydrogen-bond donors (Lipinski definition) is 0. The molecule has 0 saturated carbocycles. The fourth-order valence-electron chi connectivity index (χ4n) is 4.18. The van der Waals surface area contributed by atoms with E-state index >= 15 is 0 Å². The lowest BCUT2D eigenvalue weighted by molar-refractivity contribution is 0.0496. The summed E-state index contributed by atoms with van der Waals surface area (Å²) in [6.07, 6.45) is 7.78. The number of ether oxygens (including phenoxy) is 2. The van der Waals surface area contributed by atoms with Crippen molar-refractivity contribution in [2.45, 2.75) is 53.4 Å². The summed E-state index contributed by atoms with van der Waals surface area (Å²) in [5, 5.41) is 8.62. The molecule has 0 atom stereocenters. The van der Waals surface area contributed by atoms with Gasteiger partial charge in [0.25, 0.3) is 0 Å². The number of carbonyl (C=O) groups excluding carboxylic acids is 2. The molecule has 0 bridgehead atoms. The predicted molar refractivity (Wildman–Crippen MR) is 134 cm³/mol. The summed E-state index contributed by atoms with van der Waals surface area (Å²) in [6.45, 7) is 14.0. The summed E-state index contributed by atoms with van der Waals surface area (Å²) >= 11 is 0. The Bertz CT molecular complexity index is 1470. The van der Waals surface area contributed by atoms with E-state index in [1.807, 2.05) is 33.9 Å². The summed E-state index contributed by atoms with van der Waals surface area (Å²) < 4.78 is 14.0. The largest absolute Gasteiger partial charge is 0.462 e. The van der Waals surface area contributed by atoms with Crippen molar-refractivity contribution in [3.8, 4) is 0 Å². The van der Waals surface area contributed by atoms with Crippen LogP contribution in [-0.4, -0.2) is 54.3 Å². The smallest absolute Gasteiger partial charge is 0.340 e. The SMILES string of the molecule is C=C(C)c1c(C(=O)OCCCc2cn3ncc(C(=O)OCC)c(C(C)C)c3n2)cnn2cc(C)nc12. The van der Waals surface area contributed by atoms with Gasteiger partial charge < -0.3 is 9.47 Å². The molecule has 10 heteroatoms. The third kappa shape index (κ3) is 4.84. The summed E-state index contributed by atoms with van der Waals surface area (Å²) in [5.41, 5.74) is 5.70. The molecule has 188 valence electrons. The van der Waals surface area contributed by atoms with Crippen molar-refractivity contribution in [1.29, 1.82) is 0 Å². The van der Waals surface area contributed by atoms with Crippen molar-refractivity contribution in [3.05, 3.63) is 65.0 Å². The third-order valence-electron chi connectivity index (χ3n) is 5.72. The Hall–Kier alpha value is -4.08. The van der Waals surface area contributed by atoms with Gasteiger partial charge in [-0.15, -0.1) is 0 Å². The van der Waals surface area contributed by atoms with Crippen molar-refractivity contribution >= 4 is 28.8 Å². The normalized spacial score (nSPS) is 11.4. The Morgan fingerprint density at radius 1 is 1.00 bits per heavy atom. The van der Waals surface area contributed by atoms with Gasteiger partial charge in [0.1, 0.15) is 0 Å². The number of nitrogens with zero attached hydrogens (tertiary/aromatic N) is 6. The molecule has 4 aromatic rings. The number of aromatic nitrogens is 6. The summed E-state index contributed by atoms with van der Waals surface area (Å²) in [7, 11) is 0. The number of allylic oxidation sites excluding steroid dienone is 1. The highest BCUT2D eigenvalue weighted by Crippen LogP contribution is 2.25. The molecule has 0 amide bonds. The Balaban J connectivity index is 1.46. The molecule has 0 aliphatic heterocycles. The molecular formula is C26H30N6O4. The van der Waals surface area contributed by atoms with Crippen molar-refractivity contribution in [2.75, 3.05) is 13.2 Å². The van der Waals surface area contributed by atoms with Crippen LogP contribution in [0.25, 0.3) is 16.9 Å². The summed E-state index contributed by atoms with van der Waals surface area (Å²) in [4.78, 5) is 34.4. The van der Waals surface area contributed by atoms with E-state index in [9.17, 15) is 9.59 Å². The van der Waals surface area contributed by atoms with E-state index in [0.717, 1.165) is 17.0 Å². The third-order valence-corrected chi connectivity index (χ3v) is 5.72. The predicted octanol–water partition coefficient (Wildman–Crippen LogP) is 4.20. The van der Waals surface area contributed by atoms with Crippen LogP contribution in [0.4, 0.5) is 0 Å². The maximum atomic E-state index is 12.8. The second-order valence-electron chi connectivity index (χ2n) is 8.95. The van der Waals surface area contributed by atoms with E-state index in [4.69, 9.17) is 14.5 Å². The first kappa shape index (κ1) is 25.0. The fourth-order valence-corrected chi connectivity index (χ4v) is 4.18. The highest BCUT2D eigenvalue weighted by Gasteiger charge is 2.22. The second-order valence-corrected chi connectivity index (χ2v) is 8.95. The van der Waals surface area contributed by atoms with Crippen LogP contribution < -0.4 is 0 Å². The van der Waals surface area contributed by atoms with Gasteiger partial charge >= 0.3 is 11.9 Å². The number of carbonyl (C=O) groups is 2. The molecule has 10 nitrogen and oxygen atoms in total. The highest BCUT2D eigenvalue weighted by molar-refractivity contribution is 5.97. The number of esters is 2. The minimum Gasteiger partial charge on any atom is -0.462 e. The van der Waals surface area contributed by atoms with E-state index in [-0.39, 0.29) is 12.5 Å². The molecule has 4 aromatic heterocycles. The van der Waals surface area contributed by atoms with Gasteiger partial charge in [-0.2, -0.15) is 10.2 Å². The zero-order chi connectivity index (χ0) is 26.0. The maximum absolute atomic E-state index is 12.8. The van der Waals surface area contributed by atoms with Gasteiger partial charge in [-0.3, -0.25) is 0 Å². The van der Waals surface area contributed by atoms with Crippen LogP contribution >= 0.6 is 0 Å². The van der Waals surface area contributed by atoms with Crippen LogP contribution in [0, 0.1) is 6.92 Å². The molecule has 4 rings (SSSR count). The minimum atomic E-state index is -0.471. The molecule has 0 N–H and O–H groups in total. The van der Waals surface area contributed by atoms with Gasteiger partial charge in [0.15, 0.2) is 11.3 Å². The van der Waals surface area contributed by atoms with Crippen LogP contribution in [-0.2, 0) is 15.9 Å². The van der Waals surface area contributed by atoms with E-state index in [0.29, 0.717) is 53.0 Å². The van der Waals surface area contributed by atoms with Crippen molar-refractivity contribution in [3.63, 3.8) is 0 Å². The van der Waals surface area contributed by atoms with Crippen molar-refractivity contribution in [1.82, 2.24) is 29.2 Å². The molecular weight excluding hydrogens is 460 g/mol. The zero-order valence-corrected chi connectivity index (χ0v) is 21.2. The van der Waals surface area contributed by atoms with Gasteiger partial charge in [0.05, 0.1) is 60.5 Å². The average molecular weight is 491 g/mol. The molecule has 0 aromatic carbocycles. The lowest BCUT2D eigenvalue weighted by atomic mass is 10.00. The number of aryl methyl sites for hydroxylation is 2. The van der Waals surface area contributed by atoms with Gasteiger partial charge in [-0.05, 0) is 45.1 Å². The molecule has 0 spiro atoms. The Morgan fingerprint density at radius 3 is 2.33 bits per heavy atom. The van der Waals surface area contributed by atoms with Gasteiger partial charge in [0, 0.05) is 11.1 Å². The fraction of sp³-hybridized carbons (Fsp3) is 0.385. The maximum Gasteiger partial charge on any atom is 0.340 e. The lowest BCUT2D eigenvalue weighted by Gasteiger charge is -2.12. The zero-order valence-electron chi connectivity index (χ0n) is 21.2. The van der Waals surface area contributed by atoms with Gasteiger partial charge in [-0.1, -0.05) is 20.4 Å². The second kappa shape index (κ2) is 10.3. The van der Waals surface area contributed by atoms with E-state index in [2.05, 4.69) is 21.8 Å². The average Bonchev–Trinajstić information content (AvgIpc) is 3.41. The molecule has 0 fully saturated rings. The summed E-state index contributed by atoms with van der Waals surface area (Å²) in [6, 6.07) is 0. The first-order chi connectivity index (χ1) is 17.2. The number of imidazole rings is 2. The molecule has 0 aliphatic carbocycles. The molecule has 0 aliphatic rings. The Labute approximate surface area is 209 Å². The van der Waals surface area contributed by atoms with E-state index in [1.165, 1.54) is 12.4 Å². The van der Waals surface area contributed by atoms with Crippen LogP contribution in [0.3, 0.4) is 0 Å². The molecule has 36 heavy (non-hydrogen) atoms. The van der Waals surface area contributed by atoms with Crippen LogP contribution in [0.15, 0.2) is 31.4 Å². The topological polar surface area (TPSA) is 113 Å². The molecule has 4 heterocycles. The van der Waals surface area contributed by atoms with Crippen LogP contribution in [0.1, 0.15) is 83.3 Å². The van der Waals surface area contributed by atoms with Crippen LogP contribution in [0.5, 0.6) is 0 Å².